The minimum absolute atomic E-state index is 0.105. The predicted octanol–water partition coefficient (Wildman–Crippen LogP) is 3.47. The molecule has 0 radical (unpaired) electrons. The molecular formula is C19H14N4O2S. The van der Waals surface area contributed by atoms with Gasteiger partial charge in [0.25, 0.3) is 5.91 Å². The second-order valence-corrected chi connectivity index (χ2v) is 6.39. The van der Waals surface area contributed by atoms with Crippen LogP contribution in [0.5, 0.6) is 0 Å². The van der Waals surface area contributed by atoms with Crippen molar-refractivity contribution in [3.05, 3.63) is 65.3 Å². The summed E-state index contributed by atoms with van der Waals surface area (Å²) in [6.07, 6.45) is 1.51. The maximum atomic E-state index is 12.5. The van der Waals surface area contributed by atoms with E-state index < -0.39 is 17.6 Å². The molecule has 3 rings (SSSR count). The summed E-state index contributed by atoms with van der Waals surface area (Å²) in [5.74, 6) is -2.55. The van der Waals surface area contributed by atoms with Crippen LogP contribution >= 0.6 is 11.3 Å². The number of aryl methyl sites for hydroxylation is 1. The molecule has 0 aliphatic heterocycles. The molecule has 0 saturated carbocycles. The average Bonchev–Trinajstić information content (AvgIpc) is 3.14. The summed E-state index contributed by atoms with van der Waals surface area (Å²) < 4.78 is 0. The Morgan fingerprint density at radius 1 is 1.19 bits per heavy atom. The summed E-state index contributed by atoms with van der Waals surface area (Å²) in [4.78, 5) is 33.0. The molecule has 2 aromatic heterocycles. The van der Waals surface area contributed by atoms with Crippen molar-refractivity contribution in [1.29, 1.82) is 5.26 Å². The number of nitriles is 1. The van der Waals surface area contributed by atoms with Crippen molar-refractivity contribution in [3.8, 4) is 16.6 Å². The first kappa shape index (κ1) is 17.5. The van der Waals surface area contributed by atoms with Crippen LogP contribution in [0, 0.1) is 24.2 Å². The molecule has 1 aromatic carbocycles. The molecule has 1 amide bonds. The summed E-state index contributed by atoms with van der Waals surface area (Å²) >= 11 is 1.30. The van der Waals surface area contributed by atoms with Crippen LogP contribution in [0.15, 0.2) is 54.0 Å². The van der Waals surface area contributed by atoms with Crippen molar-refractivity contribution >= 4 is 28.8 Å². The van der Waals surface area contributed by atoms with Crippen LogP contribution in [0.1, 0.15) is 16.1 Å². The van der Waals surface area contributed by atoms with Crippen LogP contribution in [-0.2, 0) is 4.79 Å². The van der Waals surface area contributed by atoms with Gasteiger partial charge in [-0.15, -0.1) is 11.3 Å². The van der Waals surface area contributed by atoms with E-state index in [-0.39, 0.29) is 11.5 Å². The molecule has 2 heterocycles. The minimum Gasteiger partial charge on any atom is -0.309 e. The van der Waals surface area contributed by atoms with Crippen LogP contribution in [0.3, 0.4) is 0 Å². The number of hydrogen-bond donors (Lipinski definition) is 1. The van der Waals surface area contributed by atoms with Gasteiger partial charge in [0, 0.05) is 17.1 Å². The molecule has 0 aliphatic carbocycles. The molecule has 7 heteroatoms. The van der Waals surface area contributed by atoms with E-state index in [9.17, 15) is 14.9 Å². The number of carbonyl (C=O) groups excluding carboxylic acids is 2. The monoisotopic (exact) mass is 362 g/mol. The number of anilines is 1. The molecule has 1 N–H and O–H groups in total. The summed E-state index contributed by atoms with van der Waals surface area (Å²) in [5, 5.41) is 14.0. The zero-order valence-electron chi connectivity index (χ0n) is 13.8. The molecule has 0 bridgehead atoms. The first-order chi connectivity index (χ1) is 12.6. The Balaban J connectivity index is 1.78. The summed E-state index contributed by atoms with van der Waals surface area (Å²) in [6, 6.07) is 14.5. The number of carbonyl (C=O) groups is 2. The molecular weight excluding hydrogens is 348 g/mol. The fourth-order valence-electron chi connectivity index (χ4n) is 2.23. The molecule has 6 nitrogen and oxygen atoms in total. The zero-order valence-corrected chi connectivity index (χ0v) is 14.7. The van der Waals surface area contributed by atoms with Gasteiger partial charge in [0.2, 0.25) is 5.78 Å². The molecule has 3 aromatic rings. The average molecular weight is 362 g/mol. The van der Waals surface area contributed by atoms with Gasteiger partial charge in [0.05, 0.1) is 6.07 Å². The molecule has 1 atom stereocenters. The highest BCUT2D eigenvalue weighted by Crippen LogP contribution is 2.25. The summed E-state index contributed by atoms with van der Waals surface area (Å²) in [6.45, 7) is 1.98. The molecule has 0 aliphatic rings. The number of pyridine rings is 1. The lowest BCUT2D eigenvalue weighted by Crippen LogP contribution is -2.29. The Kier molecular flexibility index (Phi) is 5.15. The first-order valence-electron chi connectivity index (χ1n) is 7.77. The van der Waals surface area contributed by atoms with Gasteiger partial charge in [-0.25, -0.2) is 9.97 Å². The van der Waals surface area contributed by atoms with E-state index in [2.05, 4.69) is 15.3 Å². The SMILES string of the molecule is Cc1ccc(-c2nc(C(=O)C(C#N)C(=O)Nc3ccccn3)cs2)cc1. The van der Waals surface area contributed by atoms with Crippen molar-refractivity contribution in [3.63, 3.8) is 0 Å². The van der Waals surface area contributed by atoms with Gasteiger partial charge in [-0.3, -0.25) is 9.59 Å². The lowest BCUT2D eigenvalue weighted by Gasteiger charge is -2.07. The number of ketones is 1. The Bertz CT molecular complexity index is 975. The van der Waals surface area contributed by atoms with Crippen LogP contribution in [0.2, 0.25) is 0 Å². The Hall–Kier alpha value is -3.37. The summed E-state index contributed by atoms with van der Waals surface area (Å²) in [7, 11) is 0. The van der Waals surface area contributed by atoms with E-state index in [1.54, 1.807) is 29.6 Å². The lowest BCUT2D eigenvalue weighted by atomic mass is 10.0. The normalized spacial score (nSPS) is 11.4. The first-order valence-corrected chi connectivity index (χ1v) is 8.65. The molecule has 1 unspecified atom stereocenters. The van der Waals surface area contributed by atoms with Gasteiger partial charge < -0.3 is 5.32 Å². The van der Waals surface area contributed by atoms with Crippen molar-refractivity contribution in [2.24, 2.45) is 5.92 Å². The Morgan fingerprint density at radius 3 is 2.62 bits per heavy atom. The van der Waals surface area contributed by atoms with E-state index in [1.165, 1.54) is 17.5 Å². The van der Waals surface area contributed by atoms with Crippen LogP contribution in [-0.4, -0.2) is 21.7 Å². The third-order valence-corrected chi connectivity index (χ3v) is 4.52. The van der Waals surface area contributed by atoms with Crippen molar-refractivity contribution in [2.75, 3.05) is 5.32 Å². The topological polar surface area (TPSA) is 95.7 Å². The quantitative estimate of drug-likeness (QED) is 0.554. The number of nitrogens with one attached hydrogen (secondary N) is 1. The van der Waals surface area contributed by atoms with E-state index in [0.717, 1.165) is 11.1 Å². The maximum absolute atomic E-state index is 12.5. The lowest BCUT2D eigenvalue weighted by molar-refractivity contribution is -0.117. The Morgan fingerprint density at radius 2 is 1.96 bits per heavy atom. The van der Waals surface area contributed by atoms with Crippen LogP contribution in [0.25, 0.3) is 10.6 Å². The predicted molar refractivity (Wildman–Crippen MR) is 98.6 cm³/mol. The fraction of sp³-hybridized carbons (Fsp3) is 0.105. The Labute approximate surface area is 154 Å². The number of Topliss-reactive ketones (excluding diaryl/α,β-unsaturated/α-hetero) is 1. The fourth-order valence-corrected chi connectivity index (χ4v) is 3.05. The number of rotatable bonds is 5. The van der Waals surface area contributed by atoms with Crippen LogP contribution < -0.4 is 5.32 Å². The third kappa shape index (κ3) is 3.82. The van der Waals surface area contributed by atoms with Gasteiger partial charge in [0.15, 0.2) is 5.92 Å². The van der Waals surface area contributed by atoms with E-state index >= 15 is 0 Å². The highest BCUT2D eigenvalue weighted by molar-refractivity contribution is 7.13. The number of amides is 1. The summed E-state index contributed by atoms with van der Waals surface area (Å²) in [5.41, 5.74) is 2.11. The largest absolute Gasteiger partial charge is 0.309 e. The van der Waals surface area contributed by atoms with Crippen molar-refractivity contribution < 1.29 is 9.59 Å². The number of nitrogens with zero attached hydrogens (tertiary/aromatic N) is 3. The number of thiazole rings is 1. The smallest absolute Gasteiger partial charge is 0.250 e. The third-order valence-electron chi connectivity index (χ3n) is 3.62. The molecule has 128 valence electrons. The molecule has 0 fully saturated rings. The van der Waals surface area contributed by atoms with E-state index in [4.69, 9.17) is 0 Å². The van der Waals surface area contributed by atoms with Crippen molar-refractivity contribution in [1.82, 2.24) is 9.97 Å². The minimum atomic E-state index is -1.48. The van der Waals surface area contributed by atoms with Gasteiger partial charge in [0.1, 0.15) is 16.5 Å². The van der Waals surface area contributed by atoms with Gasteiger partial charge >= 0.3 is 0 Å². The van der Waals surface area contributed by atoms with Gasteiger partial charge in [-0.1, -0.05) is 35.9 Å². The van der Waals surface area contributed by atoms with E-state index in [0.29, 0.717) is 5.01 Å². The molecule has 0 saturated heterocycles. The number of benzene rings is 1. The highest BCUT2D eigenvalue weighted by Gasteiger charge is 2.29. The van der Waals surface area contributed by atoms with Crippen molar-refractivity contribution in [2.45, 2.75) is 6.92 Å². The van der Waals surface area contributed by atoms with E-state index in [1.807, 2.05) is 31.2 Å². The highest BCUT2D eigenvalue weighted by atomic mass is 32.1. The van der Waals surface area contributed by atoms with Gasteiger partial charge in [-0.05, 0) is 19.1 Å². The molecule has 26 heavy (non-hydrogen) atoms. The standard InChI is InChI=1S/C19H14N4O2S/c1-12-5-7-13(8-6-12)19-22-15(11-26-19)17(24)14(10-20)18(25)23-16-4-2-3-9-21-16/h2-9,11,14H,1H3,(H,21,23,25). The van der Waals surface area contributed by atoms with Gasteiger partial charge in [-0.2, -0.15) is 5.26 Å². The van der Waals surface area contributed by atoms with Crippen LogP contribution in [0.4, 0.5) is 5.82 Å². The maximum Gasteiger partial charge on any atom is 0.250 e. The number of aromatic nitrogens is 2. The zero-order chi connectivity index (χ0) is 18.5. The second kappa shape index (κ2) is 7.68. The second-order valence-electron chi connectivity index (χ2n) is 5.53. The molecule has 0 spiro atoms. The number of hydrogen-bond acceptors (Lipinski definition) is 6.